The van der Waals surface area contributed by atoms with Crippen molar-refractivity contribution in [3.8, 4) is 5.88 Å². The molecule has 1 atom stereocenters. The fraction of sp³-hybridized carbons (Fsp3) is 0.286. The summed E-state index contributed by atoms with van der Waals surface area (Å²) >= 11 is 0. The van der Waals surface area contributed by atoms with Crippen molar-refractivity contribution in [3.05, 3.63) is 58.1 Å². The van der Waals surface area contributed by atoms with Gasteiger partial charge in [-0.1, -0.05) is 30.3 Å². The van der Waals surface area contributed by atoms with Crippen LogP contribution in [0.3, 0.4) is 0 Å². The molecule has 0 bridgehead atoms. The molecule has 92 valence electrons. The lowest BCUT2D eigenvalue weighted by molar-refractivity contribution is 0.117. The van der Waals surface area contributed by atoms with Gasteiger partial charge in [0.25, 0.3) is 5.56 Å². The number of ether oxygens (including phenoxy) is 1. The summed E-state index contributed by atoms with van der Waals surface area (Å²) in [6.07, 6.45) is 1.38. The van der Waals surface area contributed by atoms with E-state index in [9.17, 15) is 4.79 Å². The van der Waals surface area contributed by atoms with Crippen molar-refractivity contribution < 1.29 is 4.74 Å². The third-order valence-corrected chi connectivity index (χ3v) is 3.33. The molecule has 1 aromatic heterocycles. The Labute approximate surface area is 105 Å². The van der Waals surface area contributed by atoms with Crippen molar-refractivity contribution in [1.29, 1.82) is 0 Å². The minimum atomic E-state index is -0.467. The number of nitrogens with zero attached hydrogens (tertiary/aromatic N) is 1. The molecule has 0 saturated carbocycles. The van der Waals surface area contributed by atoms with Crippen LogP contribution >= 0.6 is 0 Å². The first-order valence-electron chi connectivity index (χ1n) is 5.91. The van der Waals surface area contributed by atoms with Crippen LogP contribution in [0.25, 0.3) is 0 Å². The molecule has 1 unspecified atom stereocenters. The number of hydrogen-bond donors (Lipinski definition) is 1. The van der Waals surface area contributed by atoms with Crippen molar-refractivity contribution in [2.24, 2.45) is 0 Å². The molecule has 4 heteroatoms. The van der Waals surface area contributed by atoms with E-state index in [2.05, 4.69) is 9.97 Å². The van der Waals surface area contributed by atoms with Crippen LogP contribution in [0.1, 0.15) is 30.9 Å². The minimum absolute atomic E-state index is 0.0915. The largest absolute Gasteiger partial charge is 0.470 e. The van der Waals surface area contributed by atoms with Crippen LogP contribution in [-0.4, -0.2) is 15.6 Å². The molecule has 0 saturated heterocycles. The average Bonchev–Trinajstić information content (AvgIpc) is 2.62. The number of aromatic nitrogens is 2. The molecule has 4 nitrogen and oxygen atoms in total. The topological polar surface area (TPSA) is 55.0 Å². The Morgan fingerprint density at radius 3 is 2.72 bits per heavy atom. The Kier molecular flexibility index (Phi) is 2.26. The molecule has 18 heavy (non-hydrogen) atoms. The zero-order valence-corrected chi connectivity index (χ0v) is 10.3. The summed E-state index contributed by atoms with van der Waals surface area (Å²) in [6.45, 7) is 3.96. The van der Waals surface area contributed by atoms with Gasteiger partial charge in [0.15, 0.2) is 0 Å². The highest BCUT2D eigenvalue weighted by Gasteiger charge is 2.44. The standard InChI is InChI=1S/C14H14N2O2/c1-14(2)11(9-6-4-3-5-7-9)10-12(17)15-8-16-13(10)18-14/h3-8,11H,1-2H3,(H,15,16,17). The van der Waals surface area contributed by atoms with Crippen LogP contribution in [0.15, 0.2) is 41.5 Å². The van der Waals surface area contributed by atoms with E-state index in [-0.39, 0.29) is 11.5 Å². The third kappa shape index (κ3) is 1.53. The minimum Gasteiger partial charge on any atom is -0.470 e. The summed E-state index contributed by atoms with van der Waals surface area (Å²) in [5.41, 5.74) is 1.10. The fourth-order valence-electron chi connectivity index (χ4n) is 2.60. The van der Waals surface area contributed by atoms with Gasteiger partial charge < -0.3 is 9.72 Å². The lowest BCUT2D eigenvalue weighted by Gasteiger charge is -2.25. The molecule has 1 aliphatic heterocycles. The van der Waals surface area contributed by atoms with Crippen LogP contribution in [0.5, 0.6) is 5.88 Å². The van der Waals surface area contributed by atoms with Gasteiger partial charge in [-0.2, -0.15) is 0 Å². The quantitative estimate of drug-likeness (QED) is 0.833. The number of hydrogen-bond acceptors (Lipinski definition) is 3. The van der Waals surface area contributed by atoms with Crippen molar-refractivity contribution >= 4 is 0 Å². The molecule has 0 spiro atoms. The molecule has 1 N–H and O–H groups in total. The molecule has 2 aromatic rings. The highest BCUT2D eigenvalue weighted by Crippen LogP contribution is 2.44. The first-order valence-corrected chi connectivity index (χ1v) is 5.91. The van der Waals surface area contributed by atoms with E-state index in [1.54, 1.807) is 0 Å². The lowest BCUT2D eigenvalue weighted by Crippen LogP contribution is -2.32. The zero-order valence-electron chi connectivity index (χ0n) is 10.3. The normalized spacial score (nSPS) is 20.2. The lowest BCUT2D eigenvalue weighted by atomic mass is 9.82. The smallest absolute Gasteiger partial charge is 0.258 e. The van der Waals surface area contributed by atoms with E-state index in [0.29, 0.717) is 11.4 Å². The van der Waals surface area contributed by atoms with Crippen LogP contribution in [0, 0.1) is 0 Å². The summed E-state index contributed by atoms with van der Waals surface area (Å²) in [4.78, 5) is 18.7. The molecule has 0 fully saturated rings. The monoisotopic (exact) mass is 242 g/mol. The van der Waals surface area contributed by atoms with E-state index in [4.69, 9.17) is 4.74 Å². The maximum absolute atomic E-state index is 12.0. The van der Waals surface area contributed by atoms with Gasteiger partial charge in [-0.25, -0.2) is 4.98 Å². The zero-order chi connectivity index (χ0) is 12.8. The second-order valence-electron chi connectivity index (χ2n) is 5.00. The Bertz CT molecular complexity index is 632. The van der Waals surface area contributed by atoms with E-state index < -0.39 is 5.60 Å². The summed E-state index contributed by atoms with van der Waals surface area (Å²) in [5, 5.41) is 0. The van der Waals surface area contributed by atoms with Gasteiger partial charge in [0.2, 0.25) is 5.88 Å². The van der Waals surface area contributed by atoms with Crippen molar-refractivity contribution in [3.63, 3.8) is 0 Å². The number of aromatic amines is 1. The molecule has 1 aliphatic rings. The maximum atomic E-state index is 12.0. The van der Waals surface area contributed by atoms with Crippen LogP contribution < -0.4 is 10.3 Å². The molecule has 2 heterocycles. The molecule has 0 aliphatic carbocycles. The van der Waals surface area contributed by atoms with Crippen molar-refractivity contribution in [2.75, 3.05) is 0 Å². The Balaban J connectivity index is 2.23. The molecule has 1 aromatic carbocycles. The van der Waals surface area contributed by atoms with E-state index >= 15 is 0 Å². The van der Waals surface area contributed by atoms with Gasteiger partial charge in [0, 0.05) is 0 Å². The van der Waals surface area contributed by atoms with Crippen LogP contribution in [0.2, 0.25) is 0 Å². The van der Waals surface area contributed by atoms with Crippen molar-refractivity contribution in [2.45, 2.75) is 25.4 Å². The molecule has 0 amide bonds. The van der Waals surface area contributed by atoms with Crippen LogP contribution in [-0.2, 0) is 0 Å². The number of benzene rings is 1. The number of nitrogens with one attached hydrogen (secondary N) is 1. The van der Waals surface area contributed by atoms with E-state index in [1.165, 1.54) is 6.33 Å². The van der Waals surface area contributed by atoms with Gasteiger partial charge in [0.05, 0.1) is 17.8 Å². The highest BCUT2D eigenvalue weighted by molar-refractivity contribution is 5.43. The fourth-order valence-corrected chi connectivity index (χ4v) is 2.60. The Morgan fingerprint density at radius 2 is 2.00 bits per heavy atom. The van der Waals surface area contributed by atoms with Gasteiger partial charge in [-0.05, 0) is 19.4 Å². The first-order chi connectivity index (χ1) is 8.59. The molecule has 3 rings (SSSR count). The van der Waals surface area contributed by atoms with Gasteiger partial charge >= 0.3 is 0 Å². The number of H-pyrrole nitrogens is 1. The second kappa shape index (κ2) is 3.70. The summed E-state index contributed by atoms with van der Waals surface area (Å²) in [5.74, 6) is 0.351. The second-order valence-corrected chi connectivity index (χ2v) is 5.00. The SMILES string of the molecule is CC1(C)Oc2nc[nH]c(=O)c2C1c1ccccc1. The third-order valence-electron chi connectivity index (χ3n) is 3.33. The molecular weight excluding hydrogens is 228 g/mol. The number of rotatable bonds is 1. The van der Waals surface area contributed by atoms with Gasteiger partial charge in [-0.3, -0.25) is 4.79 Å². The highest BCUT2D eigenvalue weighted by atomic mass is 16.5. The predicted molar refractivity (Wildman–Crippen MR) is 67.8 cm³/mol. The molecule has 0 radical (unpaired) electrons. The van der Waals surface area contributed by atoms with E-state index in [1.807, 2.05) is 44.2 Å². The van der Waals surface area contributed by atoms with Gasteiger partial charge in [0.1, 0.15) is 5.60 Å². The molecular formula is C14H14N2O2. The van der Waals surface area contributed by atoms with Crippen molar-refractivity contribution in [1.82, 2.24) is 9.97 Å². The average molecular weight is 242 g/mol. The Morgan fingerprint density at radius 1 is 1.28 bits per heavy atom. The Hall–Kier alpha value is -2.10. The maximum Gasteiger partial charge on any atom is 0.258 e. The summed E-state index contributed by atoms with van der Waals surface area (Å²) in [6, 6.07) is 9.91. The summed E-state index contributed by atoms with van der Waals surface area (Å²) in [7, 11) is 0. The first kappa shape index (κ1) is 11.0. The number of fused-ring (bicyclic) bond motifs is 1. The van der Waals surface area contributed by atoms with Gasteiger partial charge in [-0.15, -0.1) is 0 Å². The van der Waals surface area contributed by atoms with E-state index in [0.717, 1.165) is 5.56 Å². The summed E-state index contributed by atoms with van der Waals surface area (Å²) < 4.78 is 5.81. The van der Waals surface area contributed by atoms with Crippen LogP contribution in [0.4, 0.5) is 0 Å². The predicted octanol–water partition coefficient (Wildman–Crippen LogP) is 2.07.